The van der Waals surface area contributed by atoms with Crippen LogP contribution in [-0.2, 0) is 11.3 Å². The van der Waals surface area contributed by atoms with E-state index in [9.17, 15) is 4.79 Å². The van der Waals surface area contributed by atoms with E-state index < -0.39 is 5.97 Å². The van der Waals surface area contributed by atoms with Gasteiger partial charge in [-0.15, -0.1) is 0 Å². The minimum atomic E-state index is -0.458. The molecule has 0 aliphatic rings. The molecule has 5 nitrogen and oxygen atoms in total. The summed E-state index contributed by atoms with van der Waals surface area (Å²) in [5.41, 5.74) is 1.67. The van der Waals surface area contributed by atoms with Crippen molar-refractivity contribution in [1.82, 2.24) is 5.16 Å². The fourth-order valence-electron chi connectivity index (χ4n) is 2.33. The first-order chi connectivity index (χ1) is 11.6. The van der Waals surface area contributed by atoms with Crippen molar-refractivity contribution in [3.8, 4) is 11.5 Å². The molecule has 0 N–H and O–H groups in total. The highest BCUT2D eigenvalue weighted by molar-refractivity contribution is 5.91. The van der Waals surface area contributed by atoms with Crippen LogP contribution in [-0.4, -0.2) is 11.1 Å². The van der Waals surface area contributed by atoms with Gasteiger partial charge in [-0.2, -0.15) is 0 Å². The fourth-order valence-corrected chi connectivity index (χ4v) is 2.33. The topological polar surface area (TPSA) is 61.6 Å². The molecule has 24 heavy (non-hydrogen) atoms. The third-order valence-electron chi connectivity index (χ3n) is 3.54. The van der Waals surface area contributed by atoms with Crippen LogP contribution < -0.4 is 4.74 Å². The summed E-state index contributed by atoms with van der Waals surface area (Å²) in [6.07, 6.45) is 0. The van der Waals surface area contributed by atoms with Gasteiger partial charge in [0, 0.05) is 5.56 Å². The van der Waals surface area contributed by atoms with Crippen LogP contribution in [0.15, 0.2) is 59.1 Å². The number of esters is 1. The third kappa shape index (κ3) is 3.46. The van der Waals surface area contributed by atoms with Crippen LogP contribution in [0.2, 0.25) is 0 Å². The van der Waals surface area contributed by atoms with Crippen molar-refractivity contribution in [2.75, 3.05) is 0 Å². The van der Waals surface area contributed by atoms with Crippen LogP contribution in [0.4, 0.5) is 0 Å². The Morgan fingerprint density at radius 2 is 1.75 bits per heavy atom. The van der Waals surface area contributed by atoms with Crippen molar-refractivity contribution in [3.05, 3.63) is 77.2 Å². The average Bonchev–Trinajstić information content (AvgIpc) is 2.93. The summed E-state index contributed by atoms with van der Waals surface area (Å²) in [5, 5.41) is 3.77. The molecule has 0 aliphatic heterocycles. The molecule has 0 atom stereocenters. The summed E-state index contributed by atoms with van der Waals surface area (Å²) >= 11 is 0. The molecule has 0 spiro atoms. The van der Waals surface area contributed by atoms with Crippen molar-refractivity contribution < 1.29 is 18.8 Å². The van der Waals surface area contributed by atoms with Crippen LogP contribution in [0.25, 0.3) is 0 Å². The Labute approximate surface area is 139 Å². The Morgan fingerprint density at radius 3 is 2.46 bits per heavy atom. The summed E-state index contributed by atoms with van der Waals surface area (Å²) in [5.74, 6) is 1.37. The van der Waals surface area contributed by atoms with Gasteiger partial charge in [-0.1, -0.05) is 41.6 Å². The molecule has 0 bridgehead atoms. The Balaban J connectivity index is 1.73. The predicted octanol–water partition coefficient (Wildman–Crippen LogP) is 4.44. The maximum Gasteiger partial charge on any atom is 0.344 e. The van der Waals surface area contributed by atoms with E-state index in [-0.39, 0.29) is 6.61 Å². The molecular formula is C19H17NO4. The summed E-state index contributed by atoms with van der Waals surface area (Å²) in [6, 6.07) is 16.9. The van der Waals surface area contributed by atoms with E-state index in [0.717, 1.165) is 11.3 Å². The van der Waals surface area contributed by atoms with E-state index in [0.29, 0.717) is 22.8 Å². The van der Waals surface area contributed by atoms with Gasteiger partial charge >= 0.3 is 5.97 Å². The molecule has 0 amide bonds. The monoisotopic (exact) mass is 323 g/mol. The Morgan fingerprint density at radius 1 is 1.04 bits per heavy atom. The number of carbonyl (C=O) groups excluding carboxylic acids is 1. The normalized spacial score (nSPS) is 10.4. The summed E-state index contributed by atoms with van der Waals surface area (Å²) < 4.78 is 16.2. The van der Waals surface area contributed by atoms with E-state index in [2.05, 4.69) is 5.16 Å². The molecule has 0 aliphatic carbocycles. The Bertz CT molecular complexity index is 820. The molecule has 0 unspecified atom stereocenters. The van der Waals surface area contributed by atoms with E-state index in [4.69, 9.17) is 14.0 Å². The molecule has 0 saturated carbocycles. The second-order valence-corrected chi connectivity index (χ2v) is 5.30. The zero-order valence-electron chi connectivity index (χ0n) is 13.5. The standard InChI is InChI=1S/C19H17NO4/c1-13-18(14(2)24-20-13)19(21)22-12-15-8-6-7-11-17(15)23-16-9-4-3-5-10-16/h3-11H,12H2,1-2H3. The first-order valence-electron chi connectivity index (χ1n) is 7.56. The van der Waals surface area contributed by atoms with Crippen LogP contribution >= 0.6 is 0 Å². The average molecular weight is 323 g/mol. The molecule has 3 rings (SSSR count). The number of nitrogens with zero attached hydrogens (tertiary/aromatic N) is 1. The van der Waals surface area contributed by atoms with Gasteiger partial charge < -0.3 is 14.0 Å². The van der Waals surface area contributed by atoms with Crippen LogP contribution in [0.3, 0.4) is 0 Å². The zero-order chi connectivity index (χ0) is 16.9. The number of rotatable bonds is 5. The highest BCUT2D eigenvalue weighted by Crippen LogP contribution is 2.26. The molecule has 0 fully saturated rings. The zero-order valence-corrected chi connectivity index (χ0v) is 13.5. The second kappa shape index (κ2) is 7.00. The highest BCUT2D eigenvalue weighted by atomic mass is 16.5. The number of aryl methyl sites for hydroxylation is 2. The number of benzene rings is 2. The number of carbonyl (C=O) groups is 1. The number of aromatic nitrogens is 1. The minimum Gasteiger partial charge on any atom is -0.457 e. The number of hydrogen-bond donors (Lipinski definition) is 0. The lowest BCUT2D eigenvalue weighted by Gasteiger charge is -2.11. The maximum atomic E-state index is 12.2. The molecule has 0 saturated heterocycles. The SMILES string of the molecule is Cc1noc(C)c1C(=O)OCc1ccccc1Oc1ccccc1. The first kappa shape index (κ1) is 15.8. The van der Waals surface area contributed by atoms with Gasteiger partial charge in [0.1, 0.15) is 29.4 Å². The van der Waals surface area contributed by atoms with Crippen molar-refractivity contribution in [1.29, 1.82) is 0 Å². The van der Waals surface area contributed by atoms with Gasteiger partial charge in [0.05, 0.1) is 5.69 Å². The number of para-hydroxylation sites is 2. The Hall–Kier alpha value is -3.08. The molecule has 1 aromatic heterocycles. The van der Waals surface area contributed by atoms with Gasteiger partial charge in [0.2, 0.25) is 0 Å². The van der Waals surface area contributed by atoms with Crippen molar-refractivity contribution in [2.45, 2.75) is 20.5 Å². The van der Waals surface area contributed by atoms with Crippen LogP contribution in [0.5, 0.6) is 11.5 Å². The largest absolute Gasteiger partial charge is 0.457 e. The van der Waals surface area contributed by atoms with Gasteiger partial charge in [-0.3, -0.25) is 0 Å². The third-order valence-corrected chi connectivity index (χ3v) is 3.54. The quantitative estimate of drug-likeness (QED) is 0.650. The lowest BCUT2D eigenvalue weighted by molar-refractivity contribution is 0.0468. The fraction of sp³-hybridized carbons (Fsp3) is 0.158. The van der Waals surface area contributed by atoms with Crippen LogP contribution in [0, 0.1) is 13.8 Å². The lowest BCUT2D eigenvalue weighted by atomic mass is 10.2. The van der Waals surface area contributed by atoms with E-state index in [1.165, 1.54) is 0 Å². The predicted molar refractivity (Wildman–Crippen MR) is 88.1 cm³/mol. The molecule has 0 radical (unpaired) electrons. The van der Waals surface area contributed by atoms with Gasteiger partial charge in [-0.25, -0.2) is 4.79 Å². The molecule has 122 valence electrons. The molecule has 5 heteroatoms. The summed E-state index contributed by atoms with van der Waals surface area (Å²) in [4.78, 5) is 12.2. The molecule has 3 aromatic rings. The van der Waals surface area contributed by atoms with Gasteiger partial charge in [0.25, 0.3) is 0 Å². The first-order valence-corrected chi connectivity index (χ1v) is 7.56. The highest BCUT2D eigenvalue weighted by Gasteiger charge is 2.19. The van der Waals surface area contributed by atoms with Gasteiger partial charge in [-0.05, 0) is 32.0 Å². The molecule has 1 heterocycles. The molecular weight excluding hydrogens is 306 g/mol. The number of hydrogen-bond acceptors (Lipinski definition) is 5. The van der Waals surface area contributed by atoms with Crippen LogP contribution in [0.1, 0.15) is 27.4 Å². The van der Waals surface area contributed by atoms with E-state index in [1.54, 1.807) is 13.8 Å². The lowest BCUT2D eigenvalue weighted by Crippen LogP contribution is -2.07. The van der Waals surface area contributed by atoms with Gasteiger partial charge in [0.15, 0.2) is 0 Å². The summed E-state index contributed by atoms with van der Waals surface area (Å²) in [6.45, 7) is 3.49. The number of ether oxygens (including phenoxy) is 2. The smallest absolute Gasteiger partial charge is 0.344 e. The molecule has 2 aromatic carbocycles. The second-order valence-electron chi connectivity index (χ2n) is 5.30. The summed E-state index contributed by atoms with van der Waals surface area (Å²) in [7, 11) is 0. The van der Waals surface area contributed by atoms with Crippen molar-refractivity contribution >= 4 is 5.97 Å². The minimum absolute atomic E-state index is 0.103. The van der Waals surface area contributed by atoms with Crippen molar-refractivity contribution in [2.24, 2.45) is 0 Å². The van der Waals surface area contributed by atoms with Crippen molar-refractivity contribution in [3.63, 3.8) is 0 Å². The van der Waals surface area contributed by atoms with E-state index >= 15 is 0 Å². The van der Waals surface area contributed by atoms with E-state index in [1.807, 2.05) is 54.6 Å². The Kier molecular flexibility index (Phi) is 4.61. The maximum absolute atomic E-state index is 12.2.